The van der Waals surface area contributed by atoms with Gasteiger partial charge in [-0.15, -0.1) is 0 Å². The Labute approximate surface area is 169 Å². The second kappa shape index (κ2) is 9.85. The molecule has 28 heavy (non-hydrogen) atoms. The minimum absolute atomic E-state index is 0.821. The lowest BCUT2D eigenvalue weighted by Gasteiger charge is -2.13. The highest BCUT2D eigenvalue weighted by atomic mass is 14.7. The molecule has 0 amide bonds. The van der Waals surface area contributed by atoms with Gasteiger partial charge in [-0.2, -0.15) is 0 Å². The van der Waals surface area contributed by atoms with Gasteiger partial charge in [0.25, 0.3) is 0 Å². The molecule has 0 saturated heterocycles. The lowest BCUT2D eigenvalue weighted by atomic mass is 9.94. The molecule has 0 radical (unpaired) electrons. The van der Waals surface area contributed by atoms with Gasteiger partial charge in [0.2, 0.25) is 0 Å². The quantitative estimate of drug-likeness (QED) is 0.320. The molecule has 0 spiro atoms. The standard InChI is InChI=1S/C27H29N/c1-4-26(24-16-12-21(2)13-17-24)27(25-18-14-22(3)15-19-25)28-20-8-11-23-9-6-5-7-10-23/h4-7,9-10,12-19H,8,11,20H2,1-3H3/b26-4-,28-27?. The summed E-state index contributed by atoms with van der Waals surface area (Å²) in [5.41, 5.74) is 8.59. The monoisotopic (exact) mass is 367 g/mol. The molecular formula is C27H29N. The number of aliphatic imine (C=N–C) groups is 1. The Kier molecular flexibility index (Phi) is 6.97. The van der Waals surface area contributed by atoms with E-state index in [0.29, 0.717) is 0 Å². The molecule has 0 aromatic heterocycles. The van der Waals surface area contributed by atoms with Crippen LogP contribution in [0.2, 0.25) is 0 Å². The van der Waals surface area contributed by atoms with E-state index in [1.807, 2.05) is 0 Å². The van der Waals surface area contributed by atoms with E-state index in [1.165, 1.54) is 33.4 Å². The van der Waals surface area contributed by atoms with Crippen LogP contribution in [0.1, 0.15) is 41.2 Å². The van der Waals surface area contributed by atoms with Crippen LogP contribution in [0, 0.1) is 13.8 Å². The van der Waals surface area contributed by atoms with Crippen LogP contribution in [0.4, 0.5) is 0 Å². The van der Waals surface area contributed by atoms with Gasteiger partial charge in [-0.25, -0.2) is 0 Å². The Hall–Kier alpha value is -2.93. The van der Waals surface area contributed by atoms with Crippen molar-refractivity contribution in [1.82, 2.24) is 0 Å². The van der Waals surface area contributed by atoms with Crippen LogP contribution >= 0.6 is 0 Å². The van der Waals surface area contributed by atoms with E-state index in [0.717, 1.165) is 25.1 Å². The van der Waals surface area contributed by atoms with Gasteiger partial charge in [0, 0.05) is 17.7 Å². The zero-order valence-electron chi connectivity index (χ0n) is 17.2. The highest BCUT2D eigenvalue weighted by Gasteiger charge is 2.11. The molecule has 3 aromatic rings. The van der Waals surface area contributed by atoms with E-state index >= 15 is 0 Å². The Morgan fingerprint density at radius 3 is 1.89 bits per heavy atom. The Bertz CT molecular complexity index is 930. The Balaban J connectivity index is 1.85. The molecule has 3 rings (SSSR count). The summed E-state index contributed by atoms with van der Waals surface area (Å²) in [7, 11) is 0. The minimum atomic E-state index is 0.821. The van der Waals surface area contributed by atoms with Crippen LogP contribution in [0.3, 0.4) is 0 Å². The van der Waals surface area contributed by atoms with E-state index in [-0.39, 0.29) is 0 Å². The summed E-state index contributed by atoms with van der Waals surface area (Å²) >= 11 is 0. The van der Waals surface area contributed by atoms with E-state index in [1.54, 1.807) is 0 Å². The van der Waals surface area contributed by atoms with Gasteiger partial charge in [0.15, 0.2) is 0 Å². The lowest BCUT2D eigenvalue weighted by Crippen LogP contribution is -2.06. The maximum Gasteiger partial charge on any atom is 0.0721 e. The molecule has 1 nitrogen and oxygen atoms in total. The molecule has 0 aliphatic rings. The van der Waals surface area contributed by atoms with Crippen molar-refractivity contribution >= 4 is 11.3 Å². The molecule has 0 heterocycles. The van der Waals surface area contributed by atoms with Crippen molar-refractivity contribution in [3.63, 3.8) is 0 Å². The molecule has 0 saturated carbocycles. The fourth-order valence-electron chi connectivity index (χ4n) is 3.34. The molecule has 0 unspecified atom stereocenters. The molecule has 0 fully saturated rings. The third kappa shape index (κ3) is 5.29. The topological polar surface area (TPSA) is 12.4 Å². The number of benzene rings is 3. The zero-order chi connectivity index (χ0) is 19.8. The normalized spacial score (nSPS) is 12.2. The molecule has 0 N–H and O–H groups in total. The fraction of sp³-hybridized carbons (Fsp3) is 0.222. The highest BCUT2D eigenvalue weighted by Crippen LogP contribution is 2.22. The van der Waals surface area contributed by atoms with Crippen LogP contribution in [0.25, 0.3) is 5.57 Å². The summed E-state index contributed by atoms with van der Waals surface area (Å²) in [6, 6.07) is 28.1. The fourth-order valence-corrected chi connectivity index (χ4v) is 3.34. The number of allylic oxidation sites excluding steroid dienone is 2. The number of nitrogens with zero attached hydrogens (tertiary/aromatic N) is 1. The number of hydrogen-bond acceptors (Lipinski definition) is 1. The SMILES string of the molecule is C/C=C(\C(=NCCCc1ccccc1)c1ccc(C)cc1)c1ccc(C)cc1. The van der Waals surface area contributed by atoms with E-state index in [9.17, 15) is 0 Å². The Morgan fingerprint density at radius 1 is 0.750 bits per heavy atom. The number of hydrogen-bond donors (Lipinski definition) is 0. The summed E-state index contributed by atoms with van der Waals surface area (Å²) in [6.07, 6.45) is 4.28. The molecule has 0 bridgehead atoms. The lowest BCUT2D eigenvalue weighted by molar-refractivity contribution is 0.834. The van der Waals surface area contributed by atoms with Crippen molar-refractivity contribution < 1.29 is 0 Å². The summed E-state index contributed by atoms with van der Waals surface area (Å²) in [5.74, 6) is 0. The largest absolute Gasteiger partial charge is 0.284 e. The first-order chi connectivity index (χ1) is 13.7. The summed E-state index contributed by atoms with van der Waals surface area (Å²) < 4.78 is 0. The zero-order valence-corrected chi connectivity index (χ0v) is 17.2. The van der Waals surface area contributed by atoms with E-state index in [2.05, 4.69) is 106 Å². The van der Waals surface area contributed by atoms with Gasteiger partial charge in [-0.3, -0.25) is 4.99 Å². The molecule has 142 valence electrons. The molecule has 0 aliphatic carbocycles. The van der Waals surface area contributed by atoms with Gasteiger partial charge >= 0.3 is 0 Å². The van der Waals surface area contributed by atoms with Gasteiger partial charge in [-0.1, -0.05) is 96.1 Å². The molecule has 0 aliphatic heterocycles. The van der Waals surface area contributed by atoms with Crippen molar-refractivity contribution in [2.45, 2.75) is 33.6 Å². The molecule has 3 aromatic carbocycles. The summed E-state index contributed by atoms with van der Waals surface area (Å²) in [5, 5.41) is 0. The van der Waals surface area contributed by atoms with Crippen LogP contribution in [-0.2, 0) is 6.42 Å². The van der Waals surface area contributed by atoms with E-state index in [4.69, 9.17) is 4.99 Å². The highest BCUT2D eigenvalue weighted by molar-refractivity contribution is 6.31. The average Bonchev–Trinajstić information content (AvgIpc) is 2.73. The smallest absolute Gasteiger partial charge is 0.0721 e. The van der Waals surface area contributed by atoms with Crippen molar-refractivity contribution in [1.29, 1.82) is 0 Å². The van der Waals surface area contributed by atoms with Gasteiger partial charge in [0.1, 0.15) is 0 Å². The summed E-state index contributed by atoms with van der Waals surface area (Å²) in [4.78, 5) is 5.06. The average molecular weight is 368 g/mol. The Morgan fingerprint density at radius 2 is 1.32 bits per heavy atom. The third-order valence-corrected chi connectivity index (χ3v) is 4.97. The first-order valence-electron chi connectivity index (χ1n) is 10.1. The molecular weight excluding hydrogens is 338 g/mol. The second-order valence-electron chi connectivity index (χ2n) is 7.25. The predicted molar refractivity (Wildman–Crippen MR) is 122 cm³/mol. The van der Waals surface area contributed by atoms with Crippen LogP contribution < -0.4 is 0 Å². The first kappa shape index (κ1) is 19.8. The van der Waals surface area contributed by atoms with Crippen molar-refractivity contribution in [2.24, 2.45) is 4.99 Å². The number of aryl methyl sites for hydroxylation is 3. The first-order valence-corrected chi connectivity index (χ1v) is 10.1. The van der Waals surface area contributed by atoms with Gasteiger partial charge in [0.05, 0.1) is 5.71 Å². The number of rotatable bonds is 7. The maximum atomic E-state index is 5.06. The van der Waals surface area contributed by atoms with Crippen molar-refractivity contribution in [3.8, 4) is 0 Å². The third-order valence-electron chi connectivity index (χ3n) is 4.97. The molecule has 1 heteroatoms. The van der Waals surface area contributed by atoms with Crippen LogP contribution in [-0.4, -0.2) is 12.3 Å². The van der Waals surface area contributed by atoms with Crippen LogP contribution in [0.15, 0.2) is 89.9 Å². The molecule has 0 atom stereocenters. The van der Waals surface area contributed by atoms with Gasteiger partial charge in [-0.05, 0) is 44.7 Å². The van der Waals surface area contributed by atoms with E-state index < -0.39 is 0 Å². The second-order valence-corrected chi connectivity index (χ2v) is 7.25. The van der Waals surface area contributed by atoms with Crippen molar-refractivity contribution in [3.05, 3.63) is 113 Å². The van der Waals surface area contributed by atoms with Gasteiger partial charge < -0.3 is 0 Å². The predicted octanol–water partition coefficient (Wildman–Crippen LogP) is 6.83. The maximum absolute atomic E-state index is 5.06. The minimum Gasteiger partial charge on any atom is -0.284 e. The van der Waals surface area contributed by atoms with Crippen LogP contribution in [0.5, 0.6) is 0 Å². The summed E-state index contributed by atoms with van der Waals surface area (Å²) in [6.45, 7) is 7.17. The van der Waals surface area contributed by atoms with Crippen molar-refractivity contribution in [2.75, 3.05) is 6.54 Å².